The van der Waals surface area contributed by atoms with Crippen LogP contribution < -0.4 is 4.74 Å². The van der Waals surface area contributed by atoms with E-state index in [9.17, 15) is 13.9 Å². The fraction of sp³-hybridized carbons (Fsp3) is 0.500. The molecule has 1 heterocycles. The van der Waals surface area contributed by atoms with Crippen LogP contribution in [0.3, 0.4) is 0 Å². The maximum atomic E-state index is 12.2. The lowest BCUT2D eigenvalue weighted by atomic mass is 9.96. The molecule has 3 nitrogen and oxygen atoms in total. The molecule has 0 amide bonds. The molecule has 0 atom stereocenters. The van der Waals surface area contributed by atoms with Gasteiger partial charge in [0.05, 0.1) is 5.60 Å². The highest BCUT2D eigenvalue weighted by Gasteiger charge is 2.36. The topological polar surface area (TPSA) is 32.7 Å². The third-order valence-electron chi connectivity index (χ3n) is 2.71. The summed E-state index contributed by atoms with van der Waals surface area (Å²) in [6.45, 7) is 0.562. The number of aliphatic hydroxyl groups is 1. The molecule has 2 rings (SSSR count). The van der Waals surface area contributed by atoms with Crippen molar-refractivity contribution < 1.29 is 18.6 Å². The Bertz CT molecular complexity index is 388. The molecule has 17 heavy (non-hydrogen) atoms. The van der Waals surface area contributed by atoms with Gasteiger partial charge in [-0.25, -0.2) is 0 Å². The van der Waals surface area contributed by atoms with Gasteiger partial charge in [-0.1, -0.05) is 18.2 Å². The Labute approximate surface area is 98.6 Å². The van der Waals surface area contributed by atoms with Crippen molar-refractivity contribution in [3.05, 3.63) is 29.8 Å². The summed E-state index contributed by atoms with van der Waals surface area (Å²) in [5.74, 6) is 0.203. The zero-order valence-corrected chi connectivity index (χ0v) is 9.57. The molecule has 1 fully saturated rings. The molecule has 0 radical (unpaired) electrons. The summed E-state index contributed by atoms with van der Waals surface area (Å²) in [5.41, 5.74) is 0.0571. The van der Waals surface area contributed by atoms with Gasteiger partial charge in [-0.05, 0) is 13.0 Å². The second-order valence-corrected chi connectivity index (χ2v) is 4.63. The Morgan fingerprint density at radius 3 is 2.65 bits per heavy atom. The molecule has 1 aliphatic heterocycles. The highest BCUT2D eigenvalue weighted by molar-refractivity contribution is 5.33. The van der Waals surface area contributed by atoms with Crippen molar-refractivity contribution in [3.63, 3.8) is 0 Å². The van der Waals surface area contributed by atoms with Gasteiger partial charge in [-0.2, -0.15) is 8.78 Å². The standard InChI is InChI=1S/C12H15F2NO2/c1-12(16)7-15(8-12)6-9-4-2-3-5-10(9)17-11(13)14/h2-5,11,16H,6-8H2,1H3. The number of benzene rings is 1. The summed E-state index contributed by atoms with van der Waals surface area (Å²) in [5, 5.41) is 9.58. The first-order chi connectivity index (χ1) is 7.96. The Morgan fingerprint density at radius 2 is 2.06 bits per heavy atom. The van der Waals surface area contributed by atoms with E-state index < -0.39 is 12.2 Å². The highest BCUT2D eigenvalue weighted by Crippen LogP contribution is 2.26. The average molecular weight is 243 g/mol. The predicted molar refractivity (Wildman–Crippen MR) is 59.0 cm³/mol. The van der Waals surface area contributed by atoms with E-state index in [1.54, 1.807) is 25.1 Å². The monoisotopic (exact) mass is 243 g/mol. The molecule has 1 N–H and O–H groups in total. The number of para-hydroxylation sites is 1. The Hall–Kier alpha value is -1.20. The van der Waals surface area contributed by atoms with E-state index in [1.165, 1.54) is 6.07 Å². The van der Waals surface area contributed by atoms with Crippen molar-refractivity contribution >= 4 is 0 Å². The van der Waals surface area contributed by atoms with Crippen LogP contribution in [0.2, 0.25) is 0 Å². The van der Waals surface area contributed by atoms with Crippen LogP contribution in [0.5, 0.6) is 5.75 Å². The second-order valence-electron chi connectivity index (χ2n) is 4.63. The molecule has 1 aromatic carbocycles. The van der Waals surface area contributed by atoms with Crippen LogP contribution in [-0.4, -0.2) is 35.3 Å². The van der Waals surface area contributed by atoms with E-state index in [2.05, 4.69) is 4.74 Å². The molecular formula is C12H15F2NO2. The molecule has 0 bridgehead atoms. The maximum Gasteiger partial charge on any atom is 0.387 e. The molecule has 0 spiro atoms. The fourth-order valence-electron chi connectivity index (χ4n) is 2.12. The smallest absolute Gasteiger partial charge is 0.387 e. The molecule has 94 valence electrons. The second kappa shape index (κ2) is 4.58. The van der Waals surface area contributed by atoms with Gasteiger partial charge in [-0.15, -0.1) is 0 Å². The van der Waals surface area contributed by atoms with E-state index in [1.807, 2.05) is 4.90 Å². The lowest BCUT2D eigenvalue weighted by Crippen LogP contribution is -2.59. The molecule has 0 aromatic heterocycles. The van der Waals surface area contributed by atoms with Crippen molar-refractivity contribution in [2.75, 3.05) is 13.1 Å². The Balaban J connectivity index is 2.01. The summed E-state index contributed by atoms with van der Waals surface area (Å²) in [6, 6.07) is 6.73. The summed E-state index contributed by atoms with van der Waals surface area (Å²) < 4.78 is 28.8. The predicted octanol–water partition coefficient (Wildman–Crippen LogP) is 1.85. The number of ether oxygens (including phenoxy) is 1. The highest BCUT2D eigenvalue weighted by atomic mass is 19.3. The lowest BCUT2D eigenvalue weighted by Gasteiger charge is -2.44. The summed E-state index contributed by atoms with van der Waals surface area (Å²) >= 11 is 0. The van der Waals surface area contributed by atoms with Crippen molar-refractivity contribution in [1.29, 1.82) is 0 Å². The normalized spacial score (nSPS) is 19.1. The van der Waals surface area contributed by atoms with Gasteiger partial charge in [-0.3, -0.25) is 4.90 Å². The number of β-amino-alcohol motifs (C(OH)–C–C–N with tert-alkyl or cyclic N) is 1. The zero-order valence-electron chi connectivity index (χ0n) is 9.57. The van der Waals surface area contributed by atoms with Crippen molar-refractivity contribution in [1.82, 2.24) is 4.90 Å². The van der Waals surface area contributed by atoms with E-state index >= 15 is 0 Å². The van der Waals surface area contributed by atoms with E-state index in [0.717, 1.165) is 0 Å². The molecule has 1 aliphatic rings. The molecule has 1 saturated heterocycles. The molecular weight excluding hydrogens is 228 g/mol. The van der Waals surface area contributed by atoms with E-state index in [4.69, 9.17) is 0 Å². The van der Waals surface area contributed by atoms with Gasteiger partial charge >= 0.3 is 6.61 Å². The average Bonchev–Trinajstić information content (AvgIpc) is 2.17. The van der Waals surface area contributed by atoms with Crippen molar-refractivity contribution in [3.8, 4) is 5.75 Å². The van der Waals surface area contributed by atoms with Crippen LogP contribution in [0, 0.1) is 0 Å². The fourth-order valence-corrected chi connectivity index (χ4v) is 2.12. The number of hydrogen-bond acceptors (Lipinski definition) is 3. The number of hydrogen-bond donors (Lipinski definition) is 1. The molecule has 1 aromatic rings. The Morgan fingerprint density at radius 1 is 1.41 bits per heavy atom. The van der Waals surface area contributed by atoms with Crippen LogP contribution >= 0.6 is 0 Å². The zero-order chi connectivity index (χ0) is 12.5. The van der Waals surface area contributed by atoms with Crippen LogP contribution in [0.1, 0.15) is 12.5 Å². The van der Waals surface area contributed by atoms with Gasteiger partial charge in [0.15, 0.2) is 0 Å². The van der Waals surface area contributed by atoms with Crippen LogP contribution in [-0.2, 0) is 6.54 Å². The van der Waals surface area contributed by atoms with Gasteiger partial charge < -0.3 is 9.84 Å². The van der Waals surface area contributed by atoms with Crippen molar-refractivity contribution in [2.24, 2.45) is 0 Å². The number of alkyl halides is 2. The van der Waals surface area contributed by atoms with Gasteiger partial charge in [0, 0.05) is 25.2 Å². The number of likely N-dealkylation sites (tertiary alicyclic amines) is 1. The number of halogens is 2. The minimum Gasteiger partial charge on any atom is -0.434 e. The lowest BCUT2D eigenvalue weighted by molar-refractivity contribution is -0.0886. The Kier molecular flexibility index (Phi) is 3.31. The first kappa shape index (κ1) is 12.3. The van der Waals surface area contributed by atoms with Crippen LogP contribution in [0.15, 0.2) is 24.3 Å². The first-order valence-electron chi connectivity index (χ1n) is 5.44. The van der Waals surface area contributed by atoms with Crippen LogP contribution in [0.25, 0.3) is 0 Å². The summed E-state index contributed by atoms with van der Waals surface area (Å²) in [7, 11) is 0. The number of nitrogens with zero attached hydrogens (tertiary/aromatic N) is 1. The summed E-state index contributed by atoms with van der Waals surface area (Å²) in [6.07, 6.45) is 0. The third kappa shape index (κ3) is 3.14. The molecule has 5 heteroatoms. The van der Waals surface area contributed by atoms with Gasteiger partial charge in [0.25, 0.3) is 0 Å². The van der Waals surface area contributed by atoms with Gasteiger partial charge in [0.1, 0.15) is 5.75 Å². The molecule has 0 aliphatic carbocycles. The van der Waals surface area contributed by atoms with Gasteiger partial charge in [0.2, 0.25) is 0 Å². The number of rotatable bonds is 4. The van der Waals surface area contributed by atoms with Crippen molar-refractivity contribution in [2.45, 2.75) is 25.7 Å². The summed E-state index contributed by atoms with van der Waals surface area (Å²) in [4.78, 5) is 1.98. The van der Waals surface area contributed by atoms with E-state index in [0.29, 0.717) is 25.2 Å². The third-order valence-corrected chi connectivity index (χ3v) is 2.71. The molecule has 0 saturated carbocycles. The van der Waals surface area contributed by atoms with E-state index in [-0.39, 0.29) is 5.75 Å². The minimum absolute atomic E-state index is 0.203. The van der Waals surface area contributed by atoms with Crippen LogP contribution in [0.4, 0.5) is 8.78 Å². The maximum absolute atomic E-state index is 12.2. The molecule has 0 unspecified atom stereocenters. The first-order valence-corrected chi connectivity index (χ1v) is 5.44. The minimum atomic E-state index is -2.81. The largest absolute Gasteiger partial charge is 0.434 e. The quantitative estimate of drug-likeness (QED) is 0.876. The SMILES string of the molecule is CC1(O)CN(Cc2ccccc2OC(F)F)C1.